The van der Waals surface area contributed by atoms with E-state index in [4.69, 9.17) is 25.5 Å². The van der Waals surface area contributed by atoms with E-state index in [0.717, 1.165) is 25.2 Å². The van der Waals surface area contributed by atoms with Crippen molar-refractivity contribution >= 4 is 22.6 Å². The molecule has 0 saturated carbocycles. The zero-order chi connectivity index (χ0) is 20.4. The Balaban J connectivity index is 1.46. The minimum atomic E-state index is -0.0686. The topological polar surface area (TPSA) is 53.1 Å². The molecule has 29 heavy (non-hydrogen) atoms. The third-order valence-electron chi connectivity index (χ3n) is 5.24. The summed E-state index contributed by atoms with van der Waals surface area (Å²) in [6.45, 7) is 7.73. The third-order valence-corrected chi connectivity index (χ3v) is 5.49. The summed E-state index contributed by atoms with van der Waals surface area (Å²) < 4.78 is 17.4. The lowest BCUT2D eigenvalue weighted by Gasteiger charge is -2.32. The van der Waals surface area contributed by atoms with E-state index in [1.807, 2.05) is 18.2 Å². The number of halogens is 1. The van der Waals surface area contributed by atoms with Crippen LogP contribution in [0, 0.1) is 0 Å². The second-order valence-electron chi connectivity index (χ2n) is 7.66. The zero-order valence-electron chi connectivity index (χ0n) is 16.6. The second kappa shape index (κ2) is 8.57. The van der Waals surface area contributed by atoms with Gasteiger partial charge in [-0.3, -0.25) is 4.79 Å². The Bertz CT molecular complexity index is 1040. The molecule has 0 radical (unpaired) electrons. The van der Waals surface area contributed by atoms with Gasteiger partial charge in [0.05, 0.1) is 10.9 Å². The van der Waals surface area contributed by atoms with Gasteiger partial charge in [0.15, 0.2) is 5.43 Å². The van der Waals surface area contributed by atoms with E-state index < -0.39 is 0 Å². The van der Waals surface area contributed by atoms with Gasteiger partial charge in [-0.1, -0.05) is 23.7 Å². The Morgan fingerprint density at radius 1 is 1.10 bits per heavy atom. The van der Waals surface area contributed by atoms with E-state index in [1.54, 1.807) is 24.3 Å². The first-order valence-corrected chi connectivity index (χ1v) is 10.3. The number of benzene rings is 2. The molecule has 0 amide bonds. The molecule has 1 N–H and O–H groups in total. The standard InChI is InChI=1S/C23H24ClNO4/c1-15-12-25(13-16(2)29-15)9-10-27-19-7-8-20-22(11-19)28-14-21(23(20)26)17-3-5-18(24)6-4-17/h3-8,11,14-16H,9-10,12-13H2,1-2H3/p+1/t15-,16-/m1/s1. The fraction of sp³-hybridized carbons (Fsp3) is 0.348. The molecular weight excluding hydrogens is 390 g/mol. The molecule has 0 bridgehead atoms. The molecule has 1 aliphatic heterocycles. The average molecular weight is 415 g/mol. The normalized spacial score (nSPS) is 22.0. The van der Waals surface area contributed by atoms with Crippen molar-refractivity contribution in [2.24, 2.45) is 0 Å². The van der Waals surface area contributed by atoms with Crippen LogP contribution in [-0.4, -0.2) is 38.4 Å². The van der Waals surface area contributed by atoms with E-state index in [0.29, 0.717) is 33.9 Å². The van der Waals surface area contributed by atoms with Crippen LogP contribution >= 0.6 is 11.6 Å². The number of fused-ring (bicyclic) bond motifs is 1. The van der Waals surface area contributed by atoms with Crippen molar-refractivity contribution < 1.29 is 18.8 Å². The maximum absolute atomic E-state index is 12.9. The molecular formula is C23H25ClNO4+. The molecule has 0 unspecified atom stereocenters. The van der Waals surface area contributed by atoms with Crippen LogP contribution in [-0.2, 0) is 4.74 Å². The summed E-state index contributed by atoms with van der Waals surface area (Å²) in [5, 5.41) is 1.16. The third kappa shape index (κ3) is 4.64. The van der Waals surface area contributed by atoms with Crippen molar-refractivity contribution in [1.82, 2.24) is 0 Å². The molecule has 5 nitrogen and oxygen atoms in total. The van der Waals surface area contributed by atoms with E-state index in [-0.39, 0.29) is 17.6 Å². The van der Waals surface area contributed by atoms with Crippen LogP contribution in [0.5, 0.6) is 5.75 Å². The van der Waals surface area contributed by atoms with Crippen LogP contribution in [0.1, 0.15) is 13.8 Å². The summed E-state index contributed by atoms with van der Waals surface area (Å²) in [6.07, 6.45) is 2.05. The molecule has 1 aliphatic rings. The number of quaternary nitrogens is 1. The molecule has 1 fully saturated rings. The summed E-state index contributed by atoms with van der Waals surface area (Å²) in [4.78, 5) is 14.3. The van der Waals surface area contributed by atoms with Crippen molar-refractivity contribution in [3.8, 4) is 16.9 Å². The maximum Gasteiger partial charge on any atom is 0.200 e. The molecule has 6 heteroatoms. The lowest BCUT2D eigenvalue weighted by molar-refractivity contribution is -0.915. The predicted octanol–water partition coefficient (Wildman–Crippen LogP) is 3.18. The first-order chi connectivity index (χ1) is 14.0. The monoisotopic (exact) mass is 414 g/mol. The van der Waals surface area contributed by atoms with E-state index in [2.05, 4.69) is 13.8 Å². The van der Waals surface area contributed by atoms with Crippen LogP contribution in [0.15, 0.2) is 57.9 Å². The van der Waals surface area contributed by atoms with Crippen molar-refractivity contribution in [1.29, 1.82) is 0 Å². The van der Waals surface area contributed by atoms with Crippen molar-refractivity contribution in [2.45, 2.75) is 26.1 Å². The maximum atomic E-state index is 12.9. The van der Waals surface area contributed by atoms with Crippen LogP contribution in [0.4, 0.5) is 0 Å². The summed E-state index contributed by atoms with van der Waals surface area (Å²) in [5.74, 6) is 0.702. The lowest BCUT2D eigenvalue weighted by atomic mass is 10.1. The van der Waals surface area contributed by atoms with Gasteiger partial charge in [-0.05, 0) is 43.7 Å². The Kier molecular flexibility index (Phi) is 5.90. The molecule has 2 atom stereocenters. The van der Waals surface area contributed by atoms with Gasteiger partial charge in [0.1, 0.15) is 56.0 Å². The summed E-state index contributed by atoms with van der Waals surface area (Å²) in [6, 6.07) is 12.5. The smallest absolute Gasteiger partial charge is 0.200 e. The van der Waals surface area contributed by atoms with Crippen LogP contribution in [0.3, 0.4) is 0 Å². The fourth-order valence-corrected chi connectivity index (χ4v) is 4.06. The number of hydrogen-bond acceptors (Lipinski definition) is 4. The van der Waals surface area contributed by atoms with Crippen molar-refractivity contribution in [3.63, 3.8) is 0 Å². The molecule has 1 aromatic heterocycles. The van der Waals surface area contributed by atoms with Crippen LogP contribution in [0.2, 0.25) is 5.02 Å². The summed E-state index contributed by atoms with van der Waals surface area (Å²) in [7, 11) is 0. The van der Waals surface area contributed by atoms with E-state index >= 15 is 0 Å². The van der Waals surface area contributed by atoms with Gasteiger partial charge in [-0.25, -0.2) is 0 Å². The Morgan fingerprint density at radius 2 is 1.83 bits per heavy atom. The minimum absolute atomic E-state index is 0.0686. The van der Waals surface area contributed by atoms with E-state index in [9.17, 15) is 4.79 Å². The molecule has 0 aliphatic carbocycles. The van der Waals surface area contributed by atoms with Crippen molar-refractivity contribution in [3.05, 3.63) is 64.0 Å². The SMILES string of the molecule is C[C@@H]1C[NH+](CCOc2ccc3c(=O)c(-c4ccc(Cl)cc4)coc3c2)C[C@@H](C)O1. The van der Waals surface area contributed by atoms with Crippen LogP contribution < -0.4 is 15.1 Å². The highest BCUT2D eigenvalue weighted by atomic mass is 35.5. The Morgan fingerprint density at radius 3 is 2.55 bits per heavy atom. The predicted molar refractivity (Wildman–Crippen MR) is 114 cm³/mol. The number of morpholine rings is 1. The zero-order valence-corrected chi connectivity index (χ0v) is 17.4. The van der Waals surface area contributed by atoms with Gasteiger partial charge in [-0.15, -0.1) is 0 Å². The lowest BCUT2D eigenvalue weighted by Crippen LogP contribution is -3.16. The van der Waals surface area contributed by atoms with Gasteiger partial charge < -0.3 is 18.8 Å². The van der Waals surface area contributed by atoms with Gasteiger partial charge >= 0.3 is 0 Å². The number of nitrogens with one attached hydrogen (secondary N) is 1. The number of ether oxygens (including phenoxy) is 2. The molecule has 0 spiro atoms. The summed E-state index contributed by atoms with van der Waals surface area (Å²) >= 11 is 5.93. The first-order valence-electron chi connectivity index (χ1n) is 9.93. The first kappa shape index (κ1) is 20.0. The molecule has 1 saturated heterocycles. The van der Waals surface area contributed by atoms with Gasteiger partial charge in [-0.2, -0.15) is 0 Å². The molecule has 152 valence electrons. The highest BCUT2D eigenvalue weighted by molar-refractivity contribution is 6.30. The van der Waals surface area contributed by atoms with Gasteiger partial charge in [0.25, 0.3) is 0 Å². The Hall–Kier alpha value is -2.34. The van der Waals surface area contributed by atoms with Crippen LogP contribution in [0.25, 0.3) is 22.1 Å². The number of rotatable bonds is 5. The van der Waals surface area contributed by atoms with Crippen molar-refractivity contribution in [2.75, 3.05) is 26.2 Å². The second-order valence-corrected chi connectivity index (χ2v) is 8.09. The van der Waals surface area contributed by atoms with E-state index in [1.165, 1.54) is 11.2 Å². The molecule has 3 aromatic rings. The highest BCUT2D eigenvalue weighted by Crippen LogP contribution is 2.24. The summed E-state index contributed by atoms with van der Waals surface area (Å²) in [5.41, 5.74) is 1.75. The molecule has 2 heterocycles. The highest BCUT2D eigenvalue weighted by Gasteiger charge is 2.25. The average Bonchev–Trinajstić information content (AvgIpc) is 2.68. The minimum Gasteiger partial charge on any atom is -0.488 e. The van der Waals surface area contributed by atoms with Gasteiger partial charge in [0, 0.05) is 11.1 Å². The Labute approximate surface area is 174 Å². The fourth-order valence-electron chi connectivity index (χ4n) is 3.93. The number of hydrogen-bond donors (Lipinski definition) is 1. The molecule has 4 rings (SSSR count). The molecule has 2 aromatic carbocycles. The quantitative estimate of drug-likeness (QED) is 0.696. The largest absolute Gasteiger partial charge is 0.488 e. The van der Waals surface area contributed by atoms with Gasteiger partial charge in [0.2, 0.25) is 0 Å².